The second-order valence-corrected chi connectivity index (χ2v) is 5.42. The van der Waals surface area contributed by atoms with Gasteiger partial charge in [0.1, 0.15) is 17.3 Å². The van der Waals surface area contributed by atoms with Gasteiger partial charge in [-0.3, -0.25) is 0 Å². The van der Waals surface area contributed by atoms with Gasteiger partial charge in [-0.1, -0.05) is 33.6 Å². The molecule has 0 aromatic heterocycles. The smallest absolute Gasteiger partial charge is 0.137 e. The zero-order valence-corrected chi connectivity index (χ0v) is 13.0. The van der Waals surface area contributed by atoms with Crippen LogP contribution in [-0.2, 0) is 5.33 Å². The van der Waals surface area contributed by atoms with Gasteiger partial charge in [0.15, 0.2) is 0 Å². The summed E-state index contributed by atoms with van der Waals surface area (Å²) in [4.78, 5) is 0. The van der Waals surface area contributed by atoms with Crippen molar-refractivity contribution in [2.45, 2.75) is 5.33 Å². The summed E-state index contributed by atoms with van der Waals surface area (Å²) in [5, 5.41) is 1.25. The Balaban J connectivity index is 2.33. The molecule has 2 aromatic carbocycles. The van der Waals surface area contributed by atoms with Crippen LogP contribution >= 0.6 is 43.5 Å². The largest absolute Gasteiger partial charge is 0.457 e. The van der Waals surface area contributed by atoms with Gasteiger partial charge >= 0.3 is 0 Å². The maximum absolute atomic E-state index is 13.1. The predicted molar refractivity (Wildman–Crippen MR) is 78.3 cm³/mol. The number of hydrogen-bond donors (Lipinski definition) is 0. The first-order valence-corrected chi connectivity index (χ1v) is 7.36. The molecule has 2 aromatic rings. The minimum atomic E-state index is -0.325. The van der Waals surface area contributed by atoms with Gasteiger partial charge in [0.2, 0.25) is 0 Å². The van der Waals surface area contributed by atoms with E-state index in [2.05, 4.69) is 31.9 Å². The van der Waals surface area contributed by atoms with E-state index < -0.39 is 0 Å². The highest BCUT2D eigenvalue weighted by molar-refractivity contribution is 9.10. The fourth-order valence-corrected chi connectivity index (χ4v) is 2.38. The first kappa shape index (κ1) is 13.8. The predicted octanol–water partition coefficient (Wildman–Crippen LogP) is 5.93. The van der Waals surface area contributed by atoms with Gasteiger partial charge in [0, 0.05) is 15.9 Å². The first-order chi connectivity index (χ1) is 8.60. The third-order valence-electron chi connectivity index (χ3n) is 2.29. The van der Waals surface area contributed by atoms with E-state index >= 15 is 0 Å². The van der Waals surface area contributed by atoms with Crippen LogP contribution in [-0.4, -0.2) is 0 Å². The van der Waals surface area contributed by atoms with Crippen LogP contribution in [0.25, 0.3) is 0 Å². The van der Waals surface area contributed by atoms with Gasteiger partial charge in [-0.25, -0.2) is 4.39 Å². The molecule has 0 saturated heterocycles. The van der Waals surface area contributed by atoms with Crippen LogP contribution < -0.4 is 4.74 Å². The second kappa shape index (κ2) is 6.04. The second-order valence-electron chi connectivity index (χ2n) is 3.56. The Morgan fingerprint density at radius 1 is 1.17 bits per heavy atom. The van der Waals surface area contributed by atoms with Crippen molar-refractivity contribution in [3.8, 4) is 11.5 Å². The molecule has 0 unspecified atom stereocenters. The van der Waals surface area contributed by atoms with Gasteiger partial charge < -0.3 is 4.74 Å². The average Bonchev–Trinajstić information content (AvgIpc) is 2.34. The Hall–Kier alpha value is -0.580. The Kier molecular flexibility index (Phi) is 4.65. The maximum Gasteiger partial charge on any atom is 0.137 e. The molecule has 0 saturated carbocycles. The third-order valence-corrected chi connectivity index (χ3v) is 3.74. The van der Waals surface area contributed by atoms with E-state index in [1.54, 1.807) is 24.3 Å². The van der Waals surface area contributed by atoms with Crippen LogP contribution in [0, 0.1) is 5.82 Å². The minimum Gasteiger partial charge on any atom is -0.457 e. The normalized spacial score (nSPS) is 10.4. The van der Waals surface area contributed by atoms with Crippen LogP contribution in [0.1, 0.15) is 5.56 Å². The Morgan fingerprint density at radius 2 is 1.94 bits per heavy atom. The van der Waals surface area contributed by atoms with E-state index in [1.165, 1.54) is 6.07 Å². The van der Waals surface area contributed by atoms with Crippen molar-refractivity contribution in [1.82, 2.24) is 0 Å². The number of alkyl halides is 1. The molecule has 0 aliphatic heterocycles. The van der Waals surface area contributed by atoms with Crippen molar-refractivity contribution in [3.05, 3.63) is 57.3 Å². The number of benzene rings is 2. The number of rotatable bonds is 3. The molecule has 94 valence electrons. The van der Waals surface area contributed by atoms with E-state index in [0.717, 1.165) is 5.56 Å². The topological polar surface area (TPSA) is 9.23 Å². The molecule has 0 N–H and O–H groups in total. The lowest BCUT2D eigenvalue weighted by molar-refractivity contribution is 0.476. The van der Waals surface area contributed by atoms with Crippen LogP contribution in [0.2, 0.25) is 5.02 Å². The van der Waals surface area contributed by atoms with Crippen molar-refractivity contribution in [3.63, 3.8) is 0 Å². The standard InChI is InChI=1S/C13H8Br2ClFO/c14-7-8-1-2-9(16)5-13(8)18-10-3-4-12(17)11(15)6-10/h1-6H,7H2. The van der Waals surface area contributed by atoms with Crippen molar-refractivity contribution >= 4 is 43.5 Å². The third kappa shape index (κ3) is 3.25. The lowest BCUT2D eigenvalue weighted by Crippen LogP contribution is -1.90. The molecule has 0 heterocycles. The molecule has 0 aliphatic rings. The van der Waals surface area contributed by atoms with Crippen molar-refractivity contribution in [2.24, 2.45) is 0 Å². The summed E-state index contributed by atoms with van der Waals surface area (Å²) in [6.07, 6.45) is 0. The van der Waals surface area contributed by atoms with E-state index in [1.807, 2.05) is 6.07 Å². The molecular weight excluding hydrogens is 386 g/mol. The Bertz CT molecular complexity index is 575. The summed E-state index contributed by atoms with van der Waals surface area (Å²) in [6.45, 7) is 0. The Morgan fingerprint density at radius 3 is 2.61 bits per heavy atom. The maximum atomic E-state index is 13.1. The molecule has 0 bridgehead atoms. The fourth-order valence-electron chi connectivity index (χ4n) is 1.40. The highest BCUT2D eigenvalue weighted by Gasteiger charge is 2.07. The summed E-state index contributed by atoms with van der Waals surface area (Å²) in [5.41, 5.74) is 0.972. The number of halogens is 4. The molecule has 0 amide bonds. The molecule has 0 aliphatic carbocycles. The zero-order chi connectivity index (χ0) is 13.1. The molecule has 2 rings (SSSR count). The summed E-state index contributed by atoms with van der Waals surface area (Å²) in [7, 11) is 0. The van der Waals surface area contributed by atoms with Gasteiger partial charge in [0.05, 0.1) is 4.47 Å². The fraction of sp³-hybridized carbons (Fsp3) is 0.0769. The minimum absolute atomic E-state index is 0.325. The molecule has 1 nitrogen and oxygen atoms in total. The van der Waals surface area contributed by atoms with Crippen molar-refractivity contribution < 1.29 is 9.13 Å². The average molecular weight is 394 g/mol. The summed E-state index contributed by atoms with van der Waals surface area (Å²) >= 11 is 12.4. The monoisotopic (exact) mass is 392 g/mol. The quantitative estimate of drug-likeness (QED) is 0.587. The summed E-state index contributed by atoms with van der Waals surface area (Å²) < 4.78 is 19.2. The van der Waals surface area contributed by atoms with E-state index in [4.69, 9.17) is 16.3 Å². The van der Waals surface area contributed by atoms with Crippen molar-refractivity contribution in [1.29, 1.82) is 0 Å². The lowest BCUT2D eigenvalue weighted by atomic mass is 10.2. The summed E-state index contributed by atoms with van der Waals surface area (Å²) in [6, 6.07) is 9.90. The van der Waals surface area contributed by atoms with E-state index in [-0.39, 0.29) is 5.82 Å². The molecule has 5 heteroatoms. The molecule has 18 heavy (non-hydrogen) atoms. The first-order valence-electron chi connectivity index (χ1n) is 5.07. The van der Waals surface area contributed by atoms with Gasteiger partial charge in [-0.05, 0) is 46.3 Å². The highest BCUT2D eigenvalue weighted by Crippen LogP contribution is 2.31. The number of hydrogen-bond acceptors (Lipinski definition) is 1. The molecule has 0 radical (unpaired) electrons. The van der Waals surface area contributed by atoms with Crippen molar-refractivity contribution in [2.75, 3.05) is 0 Å². The molecule has 0 atom stereocenters. The molecule has 0 spiro atoms. The molecular formula is C13H8Br2ClFO. The molecule has 0 fully saturated rings. The van der Waals surface area contributed by atoms with Crippen LogP contribution in [0.5, 0.6) is 11.5 Å². The SMILES string of the molecule is Fc1ccc(Oc2cc(Cl)ccc2CBr)cc1Br. The van der Waals surface area contributed by atoms with Gasteiger partial charge in [0.25, 0.3) is 0 Å². The lowest BCUT2D eigenvalue weighted by Gasteiger charge is -2.10. The van der Waals surface area contributed by atoms with Gasteiger partial charge in [-0.2, -0.15) is 0 Å². The van der Waals surface area contributed by atoms with Crippen LogP contribution in [0.15, 0.2) is 40.9 Å². The van der Waals surface area contributed by atoms with Gasteiger partial charge in [-0.15, -0.1) is 0 Å². The van der Waals surface area contributed by atoms with E-state index in [0.29, 0.717) is 26.3 Å². The number of ether oxygens (including phenoxy) is 1. The highest BCUT2D eigenvalue weighted by atomic mass is 79.9. The zero-order valence-electron chi connectivity index (χ0n) is 9.09. The van der Waals surface area contributed by atoms with Crippen LogP contribution in [0.4, 0.5) is 4.39 Å². The Labute approximate surface area is 126 Å². The summed E-state index contributed by atoms with van der Waals surface area (Å²) in [5.74, 6) is 0.875. The van der Waals surface area contributed by atoms with Crippen LogP contribution in [0.3, 0.4) is 0 Å². The van der Waals surface area contributed by atoms with E-state index in [9.17, 15) is 4.39 Å².